The van der Waals surface area contributed by atoms with Gasteiger partial charge in [-0.25, -0.2) is 5.01 Å². The minimum atomic E-state index is -2.84. The normalized spacial score (nSPS) is 22.3. The van der Waals surface area contributed by atoms with Crippen molar-refractivity contribution in [3.63, 3.8) is 0 Å². The fourth-order valence-corrected chi connectivity index (χ4v) is 5.39. The van der Waals surface area contributed by atoms with Gasteiger partial charge in [0.25, 0.3) is 11.8 Å². The van der Waals surface area contributed by atoms with E-state index in [9.17, 15) is 18.4 Å². The summed E-state index contributed by atoms with van der Waals surface area (Å²) in [4.78, 5) is 27.0. The number of piperidine rings is 2. The first-order valence-corrected chi connectivity index (χ1v) is 11.5. The van der Waals surface area contributed by atoms with Crippen molar-refractivity contribution in [2.75, 3.05) is 19.6 Å². The number of hydrogen-bond donors (Lipinski definition) is 0. The van der Waals surface area contributed by atoms with Gasteiger partial charge in [-0.15, -0.1) is 10.2 Å². The summed E-state index contributed by atoms with van der Waals surface area (Å²) < 4.78 is 30.7. The van der Waals surface area contributed by atoms with Crippen LogP contribution in [-0.2, 0) is 11.3 Å². The van der Waals surface area contributed by atoms with Gasteiger partial charge in [0.1, 0.15) is 0 Å². The minimum Gasteiger partial charge on any atom is -0.415 e. The zero-order chi connectivity index (χ0) is 23.1. The third kappa shape index (κ3) is 4.12. The fraction of sp³-hybridized carbons (Fsp3) is 0.565. The molecular formula is C23H27F2N5O3. The molecule has 1 aromatic heterocycles. The molecule has 0 spiro atoms. The van der Waals surface area contributed by atoms with E-state index >= 15 is 0 Å². The van der Waals surface area contributed by atoms with Crippen LogP contribution in [0.25, 0.3) is 11.5 Å². The summed E-state index contributed by atoms with van der Waals surface area (Å²) in [7, 11) is 0. The lowest BCUT2D eigenvalue weighted by Crippen LogP contribution is -2.55. The van der Waals surface area contributed by atoms with Gasteiger partial charge in [-0.2, -0.15) is 8.78 Å². The molecular weight excluding hydrogens is 432 g/mol. The standard InChI is InChI=1S/C23H27F2N5O3/c1-14(31)28-10-7-15(8-11-28)19-4-2-3-9-29(19)30-13-17-6-5-16(12-18(17)23(30)32)21-26-27-22(33-21)20(24)25/h5-6,12,15,19-20H,2-4,7-11,13H2,1H3. The predicted octanol–water partition coefficient (Wildman–Crippen LogP) is 3.66. The van der Waals surface area contributed by atoms with E-state index in [0.717, 1.165) is 57.3 Å². The number of hydrazine groups is 1. The number of hydrogen-bond acceptors (Lipinski definition) is 6. The Labute approximate surface area is 190 Å². The highest BCUT2D eigenvalue weighted by molar-refractivity contribution is 5.99. The third-order valence-corrected chi connectivity index (χ3v) is 7.13. The number of nitrogens with zero attached hydrogens (tertiary/aromatic N) is 5. The maximum Gasteiger partial charge on any atom is 0.314 e. The monoisotopic (exact) mass is 459 g/mol. The molecule has 2 amide bonds. The van der Waals surface area contributed by atoms with E-state index in [4.69, 9.17) is 4.42 Å². The van der Waals surface area contributed by atoms with Gasteiger partial charge in [-0.1, -0.05) is 12.5 Å². The molecule has 0 N–H and O–H groups in total. The Kier molecular flexibility index (Phi) is 5.86. The lowest BCUT2D eigenvalue weighted by atomic mass is 9.84. The summed E-state index contributed by atoms with van der Waals surface area (Å²) in [6.07, 6.45) is 2.27. The number of halogens is 2. The van der Waals surface area contributed by atoms with Crippen molar-refractivity contribution in [2.24, 2.45) is 5.92 Å². The van der Waals surface area contributed by atoms with Crippen LogP contribution in [0.2, 0.25) is 0 Å². The van der Waals surface area contributed by atoms with Crippen LogP contribution in [0, 0.1) is 5.92 Å². The van der Waals surface area contributed by atoms with Crippen LogP contribution in [0.3, 0.4) is 0 Å². The summed E-state index contributed by atoms with van der Waals surface area (Å²) in [5.41, 5.74) is 1.89. The molecule has 0 bridgehead atoms. The summed E-state index contributed by atoms with van der Waals surface area (Å²) in [5, 5.41) is 11.2. The Hall–Kier alpha value is -2.88. The first-order chi connectivity index (χ1) is 15.9. The fourth-order valence-electron chi connectivity index (χ4n) is 5.39. The van der Waals surface area contributed by atoms with E-state index in [-0.39, 0.29) is 23.7 Å². The highest BCUT2D eigenvalue weighted by Crippen LogP contribution is 2.36. The summed E-state index contributed by atoms with van der Waals surface area (Å²) >= 11 is 0. The molecule has 33 heavy (non-hydrogen) atoms. The van der Waals surface area contributed by atoms with E-state index < -0.39 is 12.3 Å². The second kappa shape index (κ2) is 8.81. The molecule has 3 aliphatic heterocycles. The number of fused-ring (bicyclic) bond motifs is 1. The smallest absolute Gasteiger partial charge is 0.314 e. The lowest BCUT2D eigenvalue weighted by molar-refractivity contribution is -0.131. The maximum absolute atomic E-state index is 13.4. The number of amides is 2. The Morgan fingerprint density at radius 1 is 1.12 bits per heavy atom. The van der Waals surface area contributed by atoms with Gasteiger partial charge in [0.2, 0.25) is 11.8 Å². The molecule has 0 radical (unpaired) electrons. The van der Waals surface area contributed by atoms with Crippen LogP contribution in [0.4, 0.5) is 8.78 Å². The van der Waals surface area contributed by atoms with Crippen molar-refractivity contribution in [3.8, 4) is 11.5 Å². The molecule has 1 atom stereocenters. The van der Waals surface area contributed by atoms with Crippen LogP contribution in [-0.4, -0.2) is 62.6 Å². The van der Waals surface area contributed by atoms with Crippen LogP contribution >= 0.6 is 0 Å². The van der Waals surface area contributed by atoms with Crippen molar-refractivity contribution in [3.05, 3.63) is 35.2 Å². The quantitative estimate of drug-likeness (QED) is 0.694. The number of aromatic nitrogens is 2. The number of rotatable bonds is 4. The van der Waals surface area contributed by atoms with Gasteiger partial charge < -0.3 is 9.32 Å². The van der Waals surface area contributed by atoms with E-state index in [2.05, 4.69) is 15.2 Å². The minimum absolute atomic E-state index is 0.0209. The van der Waals surface area contributed by atoms with Crippen molar-refractivity contribution in [1.29, 1.82) is 0 Å². The largest absolute Gasteiger partial charge is 0.415 e. The molecule has 1 aromatic carbocycles. The molecule has 10 heteroatoms. The average Bonchev–Trinajstić information content (AvgIpc) is 3.44. The van der Waals surface area contributed by atoms with Gasteiger partial charge in [0.05, 0.1) is 6.54 Å². The molecule has 3 aliphatic rings. The van der Waals surface area contributed by atoms with Crippen LogP contribution < -0.4 is 0 Å². The molecule has 0 aliphatic carbocycles. The summed E-state index contributed by atoms with van der Waals surface area (Å²) in [6.45, 7) is 4.47. The van der Waals surface area contributed by atoms with Crippen molar-refractivity contribution in [1.82, 2.24) is 25.1 Å². The maximum atomic E-state index is 13.4. The Morgan fingerprint density at radius 2 is 1.91 bits per heavy atom. The van der Waals surface area contributed by atoms with Gasteiger partial charge >= 0.3 is 6.43 Å². The molecule has 2 fully saturated rings. The third-order valence-electron chi connectivity index (χ3n) is 7.13. The topological polar surface area (TPSA) is 82.8 Å². The van der Waals surface area contributed by atoms with Gasteiger partial charge in [-0.3, -0.25) is 14.6 Å². The Bertz CT molecular complexity index is 1050. The zero-order valence-corrected chi connectivity index (χ0v) is 18.5. The van der Waals surface area contributed by atoms with Gasteiger partial charge in [0, 0.05) is 43.7 Å². The van der Waals surface area contributed by atoms with E-state index in [0.29, 0.717) is 23.6 Å². The first-order valence-electron chi connectivity index (χ1n) is 11.5. The van der Waals surface area contributed by atoms with Crippen LogP contribution in [0.1, 0.15) is 67.3 Å². The van der Waals surface area contributed by atoms with E-state index in [1.807, 2.05) is 16.0 Å². The predicted molar refractivity (Wildman–Crippen MR) is 114 cm³/mol. The Morgan fingerprint density at radius 3 is 2.61 bits per heavy atom. The molecule has 2 saturated heterocycles. The Balaban J connectivity index is 1.34. The first kappa shape index (κ1) is 21.9. The zero-order valence-electron chi connectivity index (χ0n) is 18.5. The molecule has 0 saturated carbocycles. The number of likely N-dealkylation sites (tertiary alicyclic amines) is 1. The van der Waals surface area contributed by atoms with Crippen LogP contribution in [0.15, 0.2) is 22.6 Å². The average molecular weight is 459 g/mol. The van der Waals surface area contributed by atoms with Crippen LogP contribution in [0.5, 0.6) is 0 Å². The van der Waals surface area contributed by atoms with Crippen molar-refractivity contribution in [2.45, 2.75) is 58.0 Å². The van der Waals surface area contributed by atoms with Gasteiger partial charge in [-0.05, 0) is 49.3 Å². The van der Waals surface area contributed by atoms with E-state index in [1.165, 1.54) is 0 Å². The molecule has 2 aromatic rings. The van der Waals surface area contributed by atoms with Gasteiger partial charge in [0.15, 0.2) is 0 Å². The number of carbonyl (C=O) groups excluding carboxylic acids is 2. The van der Waals surface area contributed by atoms with E-state index in [1.54, 1.807) is 19.1 Å². The SMILES string of the molecule is CC(=O)N1CCC(C2CCCCN2N2Cc3ccc(-c4nnc(C(F)F)o4)cc3C2=O)CC1. The number of carbonyl (C=O) groups is 2. The highest BCUT2D eigenvalue weighted by Gasteiger charge is 2.40. The number of alkyl halides is 2. The molecule has 8 nitrogen and oxygen atoms in total. The molecule has 176 valence electrons. The lowest BCUT2D eigenvalue weighted by Gasteiger charge is -2.46. The molecule has 5 rings (SSSR count). The molecule has 1 unspecified atom stereocenters. The summed E-state index contributed by atoms with van der Waals surface area (Å²) in [5.74, 6) is -0.276. The second-order valence-electron chi connectivity index (χ2n) is 9.05. The van der Waals surface area contributed by atoms with Crippen molar-refractivity contribution >= 4 is 11.8 Å². The second-order valence-corrected chi connectivity index (χ2v) is 9.05. The summed E-state index contributed by atoms with van der Waals surface area (Å²) in [6, 6.07) is 5.49. The van der Waals surface area contributed by atoms with Crippen molar-refractivity contribution < 1.29 is 22.8 Å². The molecule has 4 heterocycles. The highest BCUT2D eigenvalue weighted by atomic mass is 19.3. The number of benzene rings is 1.